The van der Waals surface area contributed by atoms with E-state index in [9.17, 15) is 0 Å². The molecule has 0 heterocycles. The van der Waals surface area contributed by atoms with Gasteiger partial charge in [0.2, 0.25) is 0 Å². The van der Waals surface area contributed by atoms with E-state index in [1.807, 2.05) is 0 Å². The summed E-state index contributed by atoms with van der Waals surface area (Å²) in [5, 5.41) is 0. The number of hydrogen-bond acceptors (Lipinski definition) is 0. The van der Waals surface area contributed by atoms with Crippen molar-refractivity contribution < 1.29 is 0 Å². The van der Waals surface area contributed by atoms with Gasteiger partial charge in [-0.1, -0.05) is 56.4 Å². The average Bonchev–Trinajstić information content (AvgIpc) is 2.71. The molecular formula is C15H22. The molecule has 0 unspecified atom stereocenters. The van der Waals surface area contributed by atoms with E-state index in [0.29, 0.717) is 0 Å². The molecule has 1 aliphatic rings. The second-order valence-electron chi connectivity index (χ2n) is 4.98. The Hall–Kier alpha value is -0.780. The highest BCUT2D eigenvalue weighted by Crippen LogP contribution is 2.29. The van der Waals surface area contributed by atoms with Crippen LogP contribution in [-0.4, -0.2) is 0 Å². The highest BCUT2D eigenvalue weighted by atomic mass is 14.2. The number of aryl methyl sites for hydroxylation is 2. The second-order valence-corrected chi connectivity index (χ2v) is 4.98. The molecule has 0 saturated heterocycles. The Kier molecular flexibility index (Phi) is 3.45. The molecule has 0 atom stereocenters. The van der Waals surface area contributed by atoms with Gasteiger partial charge in [0.25, 0.3) is 0 Å². The molecule has 0 amide bonds. The fourth-order valence-corrected chi connectivity index (χ4v) is 2.82. The minimum absolute atomic E-state index is 0.970. The second kappa shape index (κ2) is 4.83. The standard InChI is InChI=1S/C15H22/c1-3-14-9-8-12(2)10-15(14)11-13-6-4-5-7-13/h8-10,13H,3-7,11H2,1-2H3. The van der Waals surface area contributed by atoms with E-state index >= 15 is 0 Å². The summed E-state index contributed by atoms with van der Waals surface area (Å²) in [5.41, 5.74) is 4.59. The van der Waals surface area contributed by atoms with Gasteiger partial charge >= 0.3 is 0 Å². The Bertz CT molecular complexity index is 319. The topological polar surface area (TPSA) is 0 Å². The Morgan fingerprint density at radius 2 is 1.87 bits per heavy atom. The molecule has 1 saturated carbocycles. The highest BCUT2D eigenvalue weighted by molar-refractivity contribution is 5.32. The summed E-state index contributed by atoms with van der Waals surface area (Å²) < 4.78 is 0. The third kappa shape index (κ3) is 2.62. The summed E-state index contributed by atoms with van der Waals surface area (Å²) >= 11 is 0. The minimum atomic E-state index is 0.970. The predicted octanol–water partition coefficient (Wildman–Crippen LogP) is 4.29. The first-order valence-corrected chi connectivity index (χ1v) is 6.38. The minimum Gasteiger partial charge on any atom is -0.0613 e. The Morgan fingerprint density at radius 3 is 2.53 bits per heavy atom. The van der Waals surface area contributed by atoms with Crippen molar-refractivity contribution >= 4 is 0 Å². The van der Waals surface area contributed by atoms with Crippen LogP contribution in [0.2, 0.25) is 0 Å². The smallest absolute Gasteiger partial charge is 0.0248 e. The summed E-state index contributed by atoms with van der Waals surface area (Å²) in [6.45, 7) is 4.47. The lowest BCUT2D eigenvalue weighted by molar-refractivity contribution is 0.544. The van der Waals surface area contributed by atoms with Crippen LogP contribution in [0.15, 0.2) is 18.2 Å². The van der Waals surface area contributed by atoms with Gasteiger partial charge in [0.15, 0.2) is 0 Å². The van der Waals surface area contributed by atoms with Crippen molar-refractivity contribution in [2.24, 2.45) is 5.92 Å². The maximum absolute atomic E-state index is 2.40. The predicted molar refractivity (Wildman–Crippen MR) is 66.2 cm³/mol. The number of hydrogen-bond donors (Lipinski definition) is 0. The number of benzene rings is 1. The molecule has 1 aromatic rings. The van der Waals surface area contributed by atoms with E-state index in [2.05, 4.69) is 32.0 Å². The van der Waals surface area contributed by atoms with Crippen molar-refractivity contribution in [1.82, 2.24) is 0 Å². The highest BCUT2D eigenvalue weighted by Gasteiger charge is 2.16. The van der Waals surface area contributed by atoms with Crippen LogP contribution in [0.5, 0.6) is 0 Å². The quantitative estimate of drug-likeness (QED) is 0.686. The summed E-state index contributed by atoms with van der Waals surface area (Å²) in [6, 6.07) is 6.97. The maximum atomic E-state index is 2.40. The molecular weight excluding hydrogens is 180 g/mol. The molecule has 82 valence electrons. The first-order valence-electron chi connectivity index (χ1n) is 6.38. The van der Waals surface area contributed by atoms with Crippen LogP contribution in [0, 0.1) is 12.8 Å². The van der Waals surface area contributed by atoms with Crippen LogP contribution < -0.4 is 0 Å². The molecule has 15 heavy (non-hydrogen) atoms. The van der Waals surface area contributed by atoms with E-state index in [1.54, 1.807) is 11.1 Å². The van der Waals surface area contributed by atoms with Crippen molar-refractivity contribution in [3.63, 3.8) is 0 Å². The summed E-state index contributed by atoms with van der Waals surface area (Å²) in [7, 11) is 0. The van der Waals surface area contributed by atoms with Crippen molar-refractivity contribution in [3.05, 3.63) is 34.9 Å². The third-order valence-electron chi connectivity index (χ3n) is 3.73. The van der Waals surface area contributed by atoms with Gasteiger partial charge in [0.1, 0.15) is 0 Å². The van der Waals surface area contributed by atoms with Gasteiger partial charge in [0.05, 0.1) is 0 Å². The van der Waals surface area contributed by atoms with Crippen LogP contribution in [0.4, 0.5) is 0 Å². The Labute approximate surface area is 93.7 Å². The lowest BCUT2D eigenvalue weighted by Gasteiger charge is -2.13. The van der Waals surface area contributed by atoms with Gasteiger partial charge in [-0.05, 0) is 36.8 Å². The van der Waals surface area contributed by atoms with Gasteiger partial charge in [-0.2, -0.15) is 0 Å². The van der Waals surface area contributed by atoms with Crippen molar-refractivity contribution in [2.75, 3.05) is 0 Å². The summed E-state index contributed by atoms with van der Waals surface area (Å²) in [4.78, 5) is 0. The van der Waals surface area contributed by atoms with Crippen molar-refractivity contribution in [3.8, 4) is 0 Å². The largest absolute Gasteiger partial charge is 0.0613 e. The summed E-state index contributed by atoms with van der Waals surface area (Å²) in [6.07, 6.45) is 8.33. The van der Waals surface area contributed by atoms with Crippen LogP contribution in [0.1, 0.15) is 49.3 Å². The van der Waals surface area contributed by atoms with Crippen LogP contribution in [0.25, 0.3) is 0 Å². The van der Waals surface area contributed by atoms with Crippen molar-refractivity contribution in [2.45, 2.75) is 52.4 Å². The average molecular weight is 202 g/mol. The lowest BCUT2D eigenvalue weighted by atomic mass is 9.92. The first kappa shape index (κ1) is 10.7. The molecule has 1 fully saturated rings. The van der Waals surface area contributed by atoms with Crippen molar-refractivity contribution in [1.29, 1.82) is 0 Å². The number of rotatable bonds is 3. The zero-order valence-electron chi connectivity index (χ0n) is 10.1. The van der Waals surface area contributed by atoms with E-state index in [0.717, 1.165) is 5.92 Å². The molecule has 0 N–H and O–H groups in total. The van der Waals surface area contributed by atoms with Crippen LogP contribution in [0.3, 0.4) is 0 Å². The lowest BCUT2D eigenvalue weighted by Crippen LogP contribution is -2.02. The van der Waals surface area contributed by atoms with Gasteiger partial charge in [-0.15, -0.1) is 0 Å². The molecule has 0 heteroatoms. The fourth-order valence-electron chi connectivity index (χ4n) is 2.82. The van der Waals surface area contributed by atoms with E-state index in [1.165, 1.54) is 44.1 Å². The summed E-state index contributed by atoms with van der Waals surface area (Å²) in [5.74, 6) is 0.970. The molecule has 0 spiro atoms. The van der Waals surface area contributed by atoms with E-state index in [-0.39, 0.29) is 0 Å². The van der Waals surface area contributed by atoms with Gasteiger partial charge < -0.3 is 0 Å². The Balaban J connectivity index is 2.14. The normalized spacial score (nSPS) is 17.2. The monoisotopic (exact) mass is 202 g/mol. The molecule has 2 rings (SSSR count). The molecule has 0 bridgehead atoms. The van der Waals surface area contributed by atoms with Gasteiger partial charge in [-0.25, -0.2) is 0 Å². The fraction of sp³-hybridized carbons (Fsp3) is 0.600. The van der Waals surface area contributed by atoms with Gasteiger partial charge in [0, 0.05) is 0 Å². The van der Waals surface area contributed by atoms with Crippen LogP contribution in [-0.2, 0) is 12.8 Å². The zero-order valence-corrected chi connectivity index (χ0v) is 10.1. The maximum Gasteiger partial charge on any atom is -0.0248 e. The molecule has 1 aliphatic carbocycles. The molecule has 0 nitrogen and oxygen atoms in total. The van der Waals surface area contributed by atoms with Gasteiger partial charge in [-0.3, -0.25) is 0 Å². The first-order chi connectivity index (χ1) is 7.29. The third-order valence-corrected chi connectivity index (χ3v) is 3.73. The van der Waals surface area contributed by atoms with Crippen LogP contribution >= 0.6 is 0 Å². The SMILES string of the molecule is CCc1ccc(C)cc1CC1CCCC1. The molecule has 0 aliphatic heterocycles. The zero-order chi connectivity index (χ0) is 10.7. The van der Waals surface area contributed by atoms with E-state index < -0.39 is 0 Å². The van der Waals surface area contributed by atoms with E-state index in [4.69, 9.17) is 0 Å². The molecule has 0 radical (unpaired) electrons. The molecule has 0 aromatic heterocycles. The molecule has 1 aromatic carbocycles. The Morgan fingerprint density at radius 1 is 1.13 bits per heavy atom.